The van der Waals surface area contributed by atoms with Crippen molar-refractivity contribution in [2.24, 2.45) is 0 Å². The topological polar surface area (TPSA) is 119 Å². The van der Waals surface area contributed by atoms with E-state index in [1.165, 1.54) is 13.8 Å². The first-order valence-corrected chi connectivity index (χ1v) is 8.29. The van der Waals surface area contributed by atoms with Gasteiger partial charge in [0.2, 0.25) is 10.0 Å². The van der Waals surface area contributed by atoms with Gasteiger partial charge in [-0.1, -0.05) is 12.8 Å². The number of sulfonamides is 1. The number of aryl methyl sites for hydroxylation is 1. The molecule has 21 heavy (non-hydrogen) atoms. The smallest absolute Gasteiger partial charge is 0.352 e. The van der Waals surface area contributed by atoms with Gasteiger partial charge in [-0.15, -0.1) is 0 Å². The van der Waals surface area contributed by atoms with E-state index in [4.69, 9.17) is 5.11 Å². The van der Waals surface area contributed by atoms with Crippen molar-refractivity contribution >= 4 is 16.0 Å². The molecule has 0 spiro atoms. The molecule has 7 nitrogen and oxygen atoms in total. The minimum absolute atomic E-state index is 0.0538. The maximum absolute atomic E-state index is 12.4. The number of aromatic carboxylic acids is 1. The monoisotopic (exact) mass is 316 g/mol. The molecule has 1 aliphatic rings. The third-order valence-corrected chi connectivity index (χ3v) is 5.65. The van der Waals surface area contributed by atoms with Crippen molar-refractivity contribution in [2.45, 2.75) is 50.0 Å². The van der Waals surface area contributed by atoms with Gasteiger partial charge < -0.3 is 15.2 Å². The Balaban J connectivity index is 2.26. The summed E-state index contributed by atoms with van der Waals surface area (Å²) >= 11 is 0. The molecule has 1 saturated carbocycles. The van der Waals surface area contributed by atoms with Gasteiger partial charge in [0.1, 0.15) is 10.6 Å². The first-order chi connectivity index (χ1) is 9.66. The van der Waals surface area contributed by atoms with Crippen LogP contribution in [0.2, 0.25) is 0 Å². The highest BCUT2D eigenvalue weighted by molar-refractivity contribution is 7.89. The van der Waals surface area contributed by atoms with Gasteiger partial charge in [0.15, 0.2) is 0 Å². The van der Waals surface area contributed by atoms with E-state index in [2.05, 4.69) is 9.71 Å². The van der Waals surface area contributed by atoms with Crippen LogP contribution in [-0.4, -0.2) is 41.7 Å². The second-order valence-electron chi connectivity index (χ2n) is 5.64. The van der Waals surface area contributed by atoms with Crippen LogP contribution in [0.25, 0.3) is 0 Å². The fourth-order valence-corrected chi connectivity index (χ4v) is 4.42. The maximum Gasteiger partial charge on any atom is 0.352 e. The summed E-state index contributed by atoms with van der Waals surface area (Å²) in [5.74, 6) is -1.20. The Morgan fingerprint density at radius 3 is 2.38 bits per heavy atom. The van der Waals surface area contributed by atoms with Crippen LogP contribution < -0.4 is 4.72 Å². The van der Waals surface area contributed by atoms with E-state index in [9.17, 15) is 18.3 Å². The van der Waals surface area contributed by atoms with Gasteiger partial charge in [-0.25, -0.2) is 17.9 Å². The normalized spacial score (nSPS) is 18.0. The van der Waals surface area contributed by atoms with E-state index in [1.807, 2.05) is 0 Å². The van der Waals surface area contributed by atoms with Crippen LogP contribution in [0.1, 0.15) is 47.4 Å². The van der Waals surface area contributed by atoms with Crippen LogP contribution in [0.3, 0.4) is 0 Å². The summed E-state index contributed by atoms with van der Waals surface area (Å²) in [5, 5.41) is 19.2. The summed E-state index contributed by atoms with van der Waals surface area (Å²) < 4.78 is 27.1. The number of carboxylic acid groups (broad SMARTS) is 1. The Labute approximate surface area is 123 Å². The molecule has 0 unspecified atom stereocenters. The van der Waals surface area contributed by atoms with Crippen molar-refractivity contribution in [1.29, 1.82) is 0 Å². The molecule has 0 saturated heterocycles. The van der Waals surface area contributed by atoms with Gasteiger partial charge in [0.05, 0.1) is 5.60 Å². The van der Waals surface area contributed by atoms with Crippen LogP contribution in [-0.2, 0) is 10.0 Å². The predicted molar refractivity (Wildman–Crippen MR) is 75.8 cm³/mol. The molecule has 2 rings (SSSR count). The number of rotatable bonds is 5. The van der Waals surface area contributed by atoms with Crippen LogP contribution in [0, 0.1) is 13.8 Å². The summed E-state index contributed by atoms with van der Waals surface area (Å²) in [4.78, 5) is 13.6. The number of H-pyrrole nitrogens is 1. The first kappa shape index (κ1) is 16.0. The van der Waals surface area contributed by atoms with Crippen molar-refractivity contribution in [3.63, 3.8) is 0 Å². The number of carbonyl (C=O) groups is 1. The highest BCUT2D eigenvalue weighted by Gasteiger charge is 2.34. The van der Waals surface area contributed by atoms with E-state index in [-0.39, 0.29) is 28.4 Å². The highest BCUT2D eigenvalue weighted by Crippen LogP contribution is 2.29. The van der Waals surface area contributed by atoms with E-state index in [0.717, 1.165) is 12.8 Å². The minimum atomic E-state index is -3.86. The van der Waals surface area contributed by atoms with Gasteiger partial charge in [0.25, 0.3) is 0 Å². The largest absolute Gasteiger partial charge is 0.477 e. The van der Waals surface area contributed by atoms with Gasteiger partial charge in [0, 0.05) is 17.8 Å². The van der Waals surface area contributed by atoms with Crippen LogP contribution in [0.4, 0.5) is 0 Å². The number of hydrogen-bond acceptors (Lipinski definition) is 4. The summed E-state index contributed by atoms with van der Waals surface area (Å²) in [7, 11) is -3.86. The van der Waals surface area contributed by atoms with Crippen molar-refractivity contribution in [2.75, 3.05) is 6.54 Å². The molecule has 0 radical (unpaired) electrons. The lowest BCUT2D eigenvalue weighted by atomic mass is 10.0. The van der Waals surface area contributed by atoms with E-state index in [1.54, 1.807) is 0 Å². The fraction of sp³-hybridized carbons (Fsp3) is 0.615. The van der Waals surface area contributed by atoms with Gasteiger partial charge in [-0.3, -0.25) is 0 Å². The van der Waals surface area contributed by atoms with Crippen LogP contribution in [0.15, 0.2) is 4.90 Å². The quantitative estimate of drug-likeness (QED) is 0.644. The lowest BCUT2D eigenvalue weighted by Gasteiger charge is -2.22. The van der Waals surface area contributed by atoms with Gasteiger partial charge >= 0.3 is 5.97 Å². The predicted octanol–water partition coefficient (Wildman–Crippen LogP) is 0.913. The molecule has 1 heterocycles. The Bertz CT molecular complexity index is 656. The fourth-order valence-electron chi connectivity index (χ4n) is 2.86. The summed E-state index contributed by atoms with van der Waals surface area (Å²) in [6.07, 6.45) is 2.90. The lowest BCUT2D eigenvalue weighted by Crippen LogP contribution is -2.40. The van der Waals surface area contributed by atoms with Crippen molar-refractivity contribution in [3.8, 4) is 0 Å². The summed E-state index contributed by atoms with van der Waals surface area (Å²) in [6.45, 7) is 2.91. The molecule has 0 amide bonds. The Hall–Kier alpha value is -1.38. The van der Waals surface area contributed by atoms with Gasteiger partial charge in [-0.2, -0.15) is 0 Å². The molecule has 1 aromatic heterocycles. The second-order valence-corrected chi connectivity index (χ2v) is 7.34. The lowest BCUT2D eigenvalue weighted by molar-refractivity contribution is 0.0531. The van der Waals surface area contributed by atoms with Gasteiger partial charge in [-0.05, 0) is 26.7 Å². The molecular weight excluding hydrogens is 296 g/mol. The number of hydrogen-bond donors (Lipinski definition) is 4. The van der Waals surface area contributed by atoms with Crippen LogP contribution in [0.5, 0.6) is 0 Å². The molecule has 118 valence electrons. The molecule has 0 bridgehead atoms. The molecule has 8 heteroatoms. The Kier molecular flexibility index (Phi) is 4.14. The number of nitrogens with one attached hydrogen (secondary N) is 2. The number of aromatic nitrogens is 1. The third kappa shape index (κ3) is 3.12. The number of aromatic amines is 1. The first-order valence-electron chi connectivity index (χ1n) is 6.81. The molecule has 1 aromatic rings. The van der Waals surface area contributed by atoms with E-state index >= 15 is 0 Å². The molecule has 1 aliphatic carbocycles. The third-order valence-electron chi connectivity index (χ3n) is 3.98. The molecule has 4 N–H and O–H groups in total. The zero-order valence-electron chi connectivity index (χ0n) is 12.1. The average Bonchev–Trinajstić information content (AvgIpc) is 2.92. The van der Waals surface area contributed by atoms with Crippen molar-refractivity contribution in [3.05, 3.63) is 17.0 Å². The van der Waals surface area contributed by atoms with Crippen molar-refractivity contribution in [1.82, 2.24) is 9.71 Å². The molecule has 0 aliphatic heterocycles. The standard InChI is InChI=1S/C13H20N2O5S/c1-8-10(12(16)17)15-9(2)11(8)21(19,20)14-7-13(18)5-3-4-6-13/h14-15,18H,3-7H2,1-2H3,(H,16,17). The molecule has 1 fully saturated rings. The maximum atomic E-state index is 12.4. The summed E-state index contributed by atoms with van der Waals surface area (Å²) in [5.41, 5.74) is -0.685. The Morgan fingerprint density at radius 1 is 1.33 bits per heavy atom. The SMILES string of the molecule is Cc1[nH]c(C(=O)O)c(C)c1S(=O)(=O)NCC1(O)CCCC1. The van der Waals surface area contributed by atoms with E-state index in [0.29, 0.717) is 12.8 Å². The molecule has 0 aromatic carbocycles. The second kappa shape index (κ2) is 5.43. The zero-order chi connectivity index (χ0) is 15.8. The number of carboxylic acids is 1. The van der Waals surface area contributed by atoms with E-state index < -0.39 is 21.6 Å². The number of aliphatic hydroxyl groups is 1. The minimum Gasteiger partial charge on any atom is -0.477 e. The average molecular weight is 316 g/mol. The van der Waals surface area contributed by atoms with Crippen LogP contribution >= 0.6 is 0 Å². The molecule has 0 atom stereocenters. The summed E-state index contributed by atoms with van der Waals surface area (Å²) in [6, 6.07) is 0. The van der Waals surface area contributed by atoms with Crippen molar-refractivity contribution < 1.29 is 23.4 Å². The zero-order valence-corrected chi connectivity index (χ0v) is 12.9. The highest BCUT2D eigenvalue weighted by atomic mass is 32.2. The Morgan fingerprint density at radius 2 is 1.90 bits per heavy atom. The molecular formula is C13H20N2O5S.